The van der Waals surface area contributed by atoms with Crippen molar-refractivity contribution in [2.45, 2.75) is 44.1 Å². The molecule has 8 nitrogen and oxygen atoms in total. The van der Waals surface area contributed by atoms with Crippen LogP contribution in [0.1, 0.15) is 38.5 Å². The van der Waals surface area contributed by atoms with Crippen LogP contribution in [0.2, 0.25) is 5.02 Å². The number of benzene rings is 2. The lowest BCUT2D eigenvalue weighted by atomic mass is 9.85. The standard InChI is InChI=1S/C31H34ClF2N7OS/c32-21-11-19-25(24(34)23(21)18-5-6-22(33)27-26(18)37-29(36)43-27)38-30(42-15-31-7-1-9-41(31)10-2-8-31)39-28(19)40-13-16-3-4-17(14-40)20(16)12-35/h5-6,11,16-17,20H,1-4,7-10,12-15,35H2,(H2,36,37)/t16-,17+,20?. The number of nitrogen functional groups attached to an aromatic ring is 1. The highest BCUT2D eigenvalue weighted by Crippen LogP contribution is 2.46. The molecule has 43 heavy (non-hydrogen) atoms. The molecule has 0 amide bonds. The second-order valence-corrected chi connectivity index (χ2v) is 14.1. The maximum atomic E-state index is 16.8. The van der Waals surface area contributed by atoms with E-state index in [4.69, 9.17) is 32.8 Å². The van der Waals surface area contributed by atoms with Crippen LogP contribution >= 0.6 is 22.9 Å². The minimum absolute atomic E-state index is 0.00890. The smallest absolute Gasteiger partial charge is 0.319 e. The third kappa shape index (κ3) is 4.37. The Morgan fingerprint density at radius 2 is 1.79 bits per heavy atom. The number of piperidine rings is 1. The van der Waals surface area contributed by atoms with E-state index in [2.05, 4.69) is 19.8 Å². The molecule has 4 aliphatic rings. The highest BCUT2D eigenvalue weighted by atomic mass is 35.5. The average molecular weight is 626 g/mol. The molecule has 2 aromatic carbocycles. The lowest BCUT2D eigenvalue weighted by molar-refractivity contribution is 0.108. The first-order valence-electron chi connectivity index (χ1n) is 15.2. The Morgan fingerprint density at radius 3 is 2.51 bits per heavy atom. The molecule has 12 heteroatoms. The van der Waals surface area contributed by atoms with Crippen LogP contribution in [0.25, 0.3) is 32.2 Å². The Bertz CT molecular complexity index is 1730. The zero-order valence-corrected chi connectivity index (χ0v) is 25.4. The van der Waals surface area contributed by atoms with E-state index in [1.807, 2.05) is 0 Å². The summed E-state index contributed by atoms with van der Waals surface area (Å²) in [7, 11) is 0. The summed E-state index contributed by atoms with van der Waals surface area (Å²) in [5, 5.41) is 0.901. The lowest BCUT2D eigenvalue weighted by Gasteiger charge is -2.38. The number of halogens is 3. The monoisotopic (exact) mass is 625 g/mol. The predicted octanol–water partition coefficient (Wildman–Crippen LogP) is 5.85. The molecule has 2 aromatic heterocycles. The average Bonchev–Trinajstić information content (AvgIpc) is 3.74. The van der Waals surface area contributed by atoms with E-state index < -0.39 is 11.6 Å². The van der Waals surface area contributed by atoms with Crippen molar-refractivity contribution in [3.05, 3.63) is 34.9 Å². The number of aromatic nitrogens is 3. The van der Waals surface area contributed by atoms with Crippen molar-refractivity contribution in [1.82, 2.24) is 19.9 Å². The van der Waals surface area contributed by atoms with Crippen LogP contribution in [-0.4, -0.2) is 64.7 Å². The number of nitrogens with two attached hydrogens (primary N) is 2. The van der Waals surface area contributed by atoms with Gasteiger partial charge in [-0.2, -0.15) is 9.97 Å². The number of rotatable bonds is 6. The summed E-state index contributed by atoms with van der Waals surface area (Å²) >= 11 is 7.87. The van der Waals surface area contributed by atoms with Crippen molar-refractivity contribution < 1.29 is 13.5 Å². The fraction of sp³-hybridized carbons (Fsp3) is 0.516. The van der Waals surface area contributed by atoms with Crippen molar-refractivity contribution >= 4 is 55.0 Å². The molecule has 4 N–H and O–H groups in total. The van der Waals surface area contributed by atoms with Crippen LogP contribution in [0.4, 0.5) is 19.7 Å². The van der Waals surface area contributed by atoms with Gasteiger partial charge in [0.15, 0.2) is 10.9 Å². The van der Waals surface area contributed by atoms with Gasteiger partial charge in [0.2, 0.25) is 0 Å². The molecule has 3 atom stereocenters. The number of ether oxygens (including phenoxy) is 1. The molecular formula is C31H34ClF2N7OS. The van der Waals surface area contributed by atoms with Gasteiger partial charge in [-0.3, -0.25) is 4.90 Å². The number of hydrogen-bond acceptors (Lipinski definition) is 9. The maximum Gasteiger partial charge on any atom is 0.319 e. The Balaban J connectivity index is 1.26. The summed E-state index contributed by atoms with van der Waals surface area (Å²) < 4.78 is 38.1. The van der Waals surface area contributed by atoms with Gasteiger partial charge in [-0.25, -0.2) is 13.8 Å². The van der Waals surface area contributed by atoms with Gasteiger partial charge in [0.25, 0.3) is 0 Å². The molecule has 1 aliphatic carbocycles. The van der Waals surface area contributed by atoms with Crippen LogP contribution in [0.15, 0.2) is 18.2 Å². The predicted molar refractivity (Wildman–Crippen MR) is 167 cm³/mol. The minimum atomic E-state index is -0.614. The molecule has 0 radical (unpaired) electrons. The maximum absolute atomic E-state index is 16.8. The number of nitrogens with zero attached hydrogens (tertiary/aromatic N) is 5. The zero-order chi connectivity index (χ0) is 29.5. The van der Waals surface area contributed by atoms with Gasteiger partial charge in [0, 0.05) is 29.6 Å². The first kappa shape index (κ1) is 27.7. The fourth-order valence-corrected chi connectivity index (χ4v) is 9.52. The second kappa shape index (κ2) is 10.4. The molecule has 4 aromatic rings. The first-order chi connectivity index (χ1) is 20.8. The van der Waals surface area contributed by atoms with Crippen LogP contribution in [-0.2, 0) is 0 Å². The quantitative estimate of drug-likeness (QED) is 0.275. The third-order valence-corrected chi connectivity index (χ3v) is 11.7. The molecular weight excluding hydrogens is 592 g/mol. The van der Waals surface area contributed by atoms with Crippen LogP contribution in [0, 0.1) is 29.4 Å². The van der Waals surface area contributed by atoms with Crippen molar-refractivity contribution in [2.24, 2.45) is 23.5 Å². The van der Waals surface area contributed by atoms with E-state index in [1.54, 1.807) is 6.07 Å². The normalized spacial score (nSPS) is 24.8. The molecule has 1 unspecified atom stereocenters. The van der Waals surface area contributed by atoms with E-state index in [1.165, 1.54) is 12.1 Å². The van der Waals surface area contributed by atoms with Crippen molar-refractivity contribution in [3.8, 4) is 17.1 Å². The van der Waals surface area contributed by atoms with E-state index in [9.17, 15) is 4.39 Å². The highest BCUT2D eigenvalue weighted by Gasteiger charge is 2.45. The summed E-state index contributed by atoms with van der Waals surface area (Å²) in [6, 6.07) is 4.68. The van der Waals surface area contributed by atoms with E-state index in [0.717, 1.165) is 76.0 Å². The number of fused-ring (bicyclic) bond motifs is 5. The summed E-state index contributed by atoms with van der Waals surface area (Å²) in [5.74, 6) is 0.974. The number of anilines is 2. The Hall–Kier alpha value is -2.86. The third-order valence-electron chi connectivity index (χ3n) is 10.5. The van der Waals surface area contributed by atoms with Gasteiger partial charge in [0.05, 0.1) is 20.8 Å². The minimum Gasteiger partial charge on any atom is -0.461 e. The molecule has 0 spiro atoms. The van der Waals surface area contributed by atoms with Crippen LogP contribution in [0.5, 0.6) is 6.01 Å². The molecule has 5 heterocycles. The fourth-order valence-electron chi connectivity index (χ4n) is 8.46. The molecule has 8 rings (SSSR count). The van der Waals surface area contributed by atoms with Crippen molar-refractivity contribution in [2.75, 3.05) is 50.0 Å². The Morgan fingerprint density at radius 1 is 1.05 bits per heavy atom. The Kier molecular flexibility index (Phi) is 6.67. The summed E-state index contributed by atoms with van der Waals surface area (Å²) in [6.45, 7) is 4.89. The topological polar surface area (TPSA) is 106 Å². The SMILES string of the molecule is NCC1[C@@H]2CC[C@H]1CN(c1nc(OCC34CCCN3CCC4)nc3c(F)c(-c4ccc(F)c5sc(N)nc45)c(Cl)cc13)C2. The van der Waals surface area contributed by atoms with Gasteiger partial charge in [-0.05, 0) is 94.1 Å². The first-order valence-corrected chi connectivity index (χ1v) is 16.4. The van der Waals surface area contributed by atoms with Crippen LogP contribution in [0.3, 0.4) is 0 Å². The zero-order valence-electron chi connectivity index (χ0n) is 23.8. The van der Waals surface area contributed by atoms with E-state index in [-0.39, 0.29) is 43.0 Å². The summed E-state index contributed by atoms with van der Waals surface area (Å²) in [6.07, 6.45) is 6.71. The van der Waals surface area contributed by atoms with Crippen molar-refractivity contribution in [1.29, 1.82) is 0 Å². The van der Waals surface area contributed by atoms with Crippen molar-refractivity contribution in [3.63, 3.8) is 0 Å². The van der Waals surface area contributed by atoms with Gasteiger partial charge in [0.1, 0.15) is 23.8 Å². The molecule has 3 aliphatic heterocycles. The van der Waals surface area contributed by atoms with E-state index in [0.29, 0.717) is 47.7 Å². The lowest BCUT2D eigenvalue weighted by Crippen LogP contribution is -2.45. The van der Waals surface area contributed by atoms with Gasteiger partial charge >= 0.3 is 6.01 Å². The largest absolute Gasteiger partial charge is 0.461 e. The molecule has 2 bridgehead atoms. The highest BCUT2D eigenvalue weighted by molar-refractivity contribution is 7.22. The van der Waals surface area contributed by atoms with Crippen LogP contribution < -0.4 is 21.1 Å². The molecule has 1 saturated carbocycles. The summed E-state index contributed by atoms with van der Waals surface area (Å²) in [5.41, 5.74) is 12.9. The van der Waals surface area contributed by atoms with Gasteiger partial charge < -0.3 is 21.1 Å². The number of hydrogen-bond donors (Lipinski definition) is 2. The molecule has 3 saturated heterocycles. The van der Waals surface area contributed by atoms with Gasteiger partial charge in [-0.15, -0.1) is 0 Å². The summed E-state index contributed by atoms with van der Waals surface area (Å²) in [4.78, 5) is 18.7. The van der Waals surface area contributed by atoms with Gasteiger partial charge in [-0.1, -0.05) is 22.9 Å². The Labute approximate surface area is 257 Å². The number of thiazole rings is 1. The van der Waals surface area contributed by atoms with E-state index >= 15 is 4.39 Å². The second-order valence-electron chi connectivity index (χ2n) is 12.7. The molecule has 4 fully saturated rings. The molecule has 226 valence electrons.